The van der Waals surface area contributed by atoms with E-state index >= 15 is 0 Å². The molecule has 0 atom stereocenters. The molecular weight excluding hydrogens is 288 g/mol. The van der Waals surface area contributed by atoms with E-state index in [1.165, 1.54) is 0 Å². The van der Waals surface area contributed by atoms with E-state index in [0.29, 0.717) is 0 Å². The standard InChI is InChI=1S/AsH3O4.O.Rb.Ti/c2-1(3,4)5;;;/h(H3,2,3,4,5);;;/q;-2;+1;+4/p-3. The molecule has 0 rings (SSSR count). The molecule has 0 aliphatic carbocycles. The summed E-state index contributed by atoms with van der Waals surface area (Å²) in [5.74, 6) is 0. The molecule has 0 heterocycles. The van der Waals surface area contributed by atoms with Gasteiger partial charge >= 0.3 is 110 Å². The van der Waals surface area contributed by atoms with Crippen LogP contribution in [0.3, 0.4) is 0 Å². The molecule has 0 aromatic rings. The zero-order chi connectivity index (χ0) is 4.50. The van der Waals surface area contributed by atoms with Crippen LogP contribution in [0.25, 0.3) is 0 Å². The van der Waals surface area contributed by atoms with Crippen LogP contribution in [0.5, 0.6) is 0 Å². The van der Waals surface area contributed by atoms with Gasteiger partial charge in [-0.15, -0.1) is 0 Å². The molecule has 8 heteroatoms. The predicted octanol–water partition coefficient (Wildman–Crippen LogP) is -7.18. The summed E-state index contributed by atoms with van der Waals surface area (Å²) >= 11 is -5.88. The van der Waals surface area contributed by atoms with Crippen molar-refractivity contribution < 1.29 is 101 Å². The van der Waals surface area contributed by atoms with Gasteiger partial charge in [-0.25, -0.2) is 0 Å². The Kier molecular flexibility index (Phi) is 27.2. The largest absolute Gasteiger partial charge is 4.00 e. The maximum absolute atomic E-state index is 8.61. The number of hydrogen-bond donors (Lipinski definition) is 0. The van der Waals surface area contributed by atoms with Crippen molar-refractivity contribution in [2.24, 2.45) is 0 Å². The van der Waals surface area contributed by atoms with Gasteiger partial charge in [0.05, 0.1) is 0 Å². The van der Waals surface area contributed by atoms with Crippen LogP contribution in [0.1, 0.15) is 0 Å². The Hall–Kier alpha value is 2.72. The second-order valence-corrected chi connectivity index (χ2v) is 2.32. The summed E-state index contributed by atoms with van der Waals surface area (Å²) in [5, 5.41) is 0. The van der Waals surface area contributed by atoms with E-state index in [4.69, 9.17) is 16.0 Å². The second-order valence-electron chi connectivity index (χ2n) is 0.447. The zero-order valence-electron chi connectivity index (χ0n) is 3.99. The Morgan fingerprint density at radius 2 is 1.12 bits per heavy atom. The summed E-state index contributed by atoms with van der Waals surface area (Å²) in [6.45, 7) is 0. The molecular formula is AsO5RbTi. The molecule has 0 N–H and O–H groups in total. The normalized spacial score (nSPS) is 7.38. The first-order valence-corrected chi connectivity index (χ1v) is 3.79. The van der Waals surface area contributed by atoms with Crippen molar-refractivity contribution in [2.45, 2.75) is 0 Å². The molecule has 0 aliphatic rings. The molecule has 0 fully saturated rings. The Morgan fingerprint density at radius 1 is 1.12 bits per heavy atom. The average Bonchev–Trinajstić information content (AvgIpc) is 0.722. The van der Waals surface area contributed by atoms with Crippen LogP contribution >= 0.6 is 0 Å². The molecule has 0 aromatic heterocycles. The maximum Gasteiger partial charge on any atom is 4.00 e. The summed E-state index contributed by atoms with van der Waals surface area (Å²) in [5.41, 5.74) is 0. The van der Waals surface area contributed by atoms with Crippen LogP contribution in [0.15, 0.2) is 0 Å². The minimum atomic E-state index is -5.88. The van der Waals surface area contributed by atoms with Gasteiger partial charge in [0.2, 0.25) is 0 Å². The van der Waals surface area contributed by atoms with E-state index in [9.17, 15) is 0 Å². The quantitative estimate of drug-likeness (QED) is 0.412. The van der Waals surface area contributed by atoms with E-state index in [0.717, 1.165) is 0 Å². The monoisotopic (exact) mass is 288 g/mol. The molecule has 0 aliphatic heterocycles. The molecule has 0 bridgehead atoms. The first-order valence-electron chi connectivity index (χ1n) is 0.730. The topological polar surface area (TPSA) is 115 Å². The van der Waals surface area contributed by atoms with Gasteiger partial charge in [0.25, 0.3) is 0 Å². The summed E-state index contributed by atoms with van der Waals surface area (Å²) in [6.07, 6.45) is 0. The van der Waals surface area contributed by atoms with Gasteiger partial charge in [0.15, 0.2) is 0 Å². The molecule has 0 aromatic carbocycles. The van der Waals surface area contributed by atoms with E-state index < -0.39 is 14.5 Å². The smallest absolute Gasteiger partial charge is 2.00 e. The fourth-order valence-corrected chi connectivity index (χ4v) is 0. The van der Waals surface area contributed by atoms with E-state index in [1.807, 2.05) is 0 Å². The Morgan fingerprint density at radius 3 is 1.12 bits per heavy atom. The summed E-state index contributed by atoms with van der Waals surface area (Å²) in [7, 11) is 0. The van der Waals surface area contributed by atoms with Crippen LogP contribution in [-0.2, 0) is 30.9 Å². The molecule has 5 nitrogen and oxygen atoms in total. The summed E-state index contributed by atoms with van der Waals surface area (Å²) in [4.78, 5) is 0. The summed E-state index contributed by atoms with van der Waals surface area (Å²) in [6, 6.07) is 0. The molecule has 40 valence electrons. The first kappa shape index (κ1) is 22.4. The van der Waals surface area contributed by atoms with Crippen molar-refractivity contribution >= 4 is 14.5 Å². The van der Waals surface area contributed by atoms with Gasteiger partial charge < -0.3 is 5.48 Å². The van der Waals surface area contributed by atoms with Crippen LogP contribution < -0.4 is 70.5 Å². The van der Waals surface area contributed by atoms with Gasteiger partial charge in [-0.05, 0) is 0 Å². The van der Waals surface area contributed by atoms with Crippen molar-refractivity contribution in [1.82, 2.24) is 0 Å². The van der Waals surface area contributed by atoms with Crippen molar-refractivity contribution in [3.05, 3.63) is 0 Å². The number of rotatable bonds is 0. The zero-order valence-corrected chi connectivity index (χ0v) is 12.3. The number of hydrogen-bond acceptors (Lipinski definition) is 4. The minimum Gasteiger partial charge on any atom is -2.00 e. The van der Waals surface area contributed by atoms with Gasteiger partial charge in [-0.3, -0.25) is 0 Å². The van der Waals surface area contributed by atoms with Crippen LogP contribution in [0.4, 0.5) is 0 Å². The van der Waals surface area contributed by atoms with Crippen molar-refractivity contribution in [2.75, 3.05) is 0 Å². The van der Waals surface area contributed by atoms with Gasteiger partial charge in [-0.1, -0.05) is 0 Å². The third-order valence-corrected chi connectivity index (χ3v) is 0. The average molecular weight is 288 g/mol. The van der Waals surface area contributed by atoms with Crippen LogP contribution in [0, 0.1) is 0 Å². The minimum absolute atomic E-state index is 0. The van der Waals surface area contributed by atoms with Gasteiger partial charge in [-0.2, -0.15) is 0 Å². The SMILES string of the molecule is O=[As]([O-])([O-])[O-].[O-2].[Rb+].[Ti+4]. The predicted molar refractivity (Wildman–Crippen MR) is 7.13 cm³/mol. The van der Waals surface area contributed by atoms with E-state index in [2.05, 4.69) is 0 Å². The van der Waals surface area contributed by atoms with Crippen molar-refractivity contribution in [3.8, 4) is 0 Å². The Bertz CT molecular complexity index is 58.6. The van der Waals surface area contributed by atoms with Crippen LogP contribution in [0.2, 0.25) is 0 Å². The van der Waals surface area contributed by atoms with E-state index in [1.54, 1.807) is 0 Å². The molecule has 8 heavy (non-hydrogen) atoms. The Labute approximate surface area is 113 Å². The second kappa shape index (κ2) is 9.72. The Balaban J connectivity index is -0.0000000267. The molecule has 0 spiro atoms. The molecule has 0 unspecified atom stereocenters. The molecule has 0 saturated heterocycles. The molecule has 0 amide bonds. The van der Waals surface area contributed by atoms with Crippen molar-refractivity contribution in [1.29, 1.82) is 0 Å². The van der Waals surface area contributed by atoms with Crippen LogP contribution in [-0.4, -0.2) is 14.5 Å². The van der Waals surface area contributed by atoms with Gasteiger partial charge in [0.1, 0.15) is 0 Å². The van der Waals surface area contributed by atoms with E-state index in [-0.39, 0.29) is 85.4 Å². The van der Waals surface area contributed by atoms with Crippen molar-refractivity contribution in [3.63, 3.8) is 0 Å². The fourth-order valence-electron chi connectivity index (χ4n) is 0. The summed E-state index contributed by atoms with van der Waals surface area (Å²) < 4.78 is 34.4. The maximum atomic E-state index is 8.61. The third-order valence-electron chi connectivity index (χ3n) is 0. The molecule has 0 saturated carbocycles. The molecule has 0 radical (unpaired) electrons. The van der Waals surface area contributed by atoms with Gasteiger partial charge in [0, 0.05) is 0 Å². The third kappa shape index (κ3) is 70.3. The fraction of sp³-hybridized carbons (Fsp3) is 0. The first-order chi connectivity index (χ1) is 2.00.